The Morgan fingerprint density at radius 3 is 0.576 bits per heavy atom. The number of anilines is 4. The van der Waals surface area contributed by atoms with Gasteiger partial charge in [-0.2, -0.15) is 0 Å². The van der Waals surface area contributed by atoms with Gasteiger partial charge in [0.15, 0.2) is 0 Å². The largest absolute Gasteiger partial charge is 0.496 e. The molecule has 0 heterocycles. The van der Waals surface area contributed by atoms with E-state index in [2.05, 4.69) is 40.2 Å². The molecule has 1 aliphatic rings. The number of hydrogen-bond acceptors (Lipinski definition) is 16. The molecule has 0 spiro atoms. The Labute approximate surface area is 532 Å². The van der Waals surface area contributed by atoms with E-state index >= 15 is 0 Å². The molecule has 8 bridgehead atoms. The van der Waals surface area contributed by atoms with Crippen LogP contribution in [0.1, 0.15) is 66.8 Å². The minimum absolute atomic E-state index is 0.0345. The normalized spacial score (nSPS) is 12.3. The molecule has 28 heteroatoms. The third-order valence-electron chi connectivity index (χ3n) is 14.6. The summed E-state index contributed by atoms with van der Waals surface area (Å²) in [5.74, 6) is 0.809. The van der Waals surface area contributed by atoms with Crippen LogP contribution in [0, 0.1) is 27.7 Å². The SMILES string of the molecule is COc1c2cc(NC(=O)NS(=O)(=O)c3ccc(C)cc3)cc1Cc1cc(NC(=O)NS(=O)(=O)c3ccc(C)cc3)cc(c1OC)Cc1cc(NC(=O)NS(=O)(=O)c3ccc(C)cc3)cc(c1OC)Cc1cc(NC(=O)NS(=O)(=O)c3ccc(C)cc3)cc(c1OC)C2. The molecule has 8 amide bonds. The molecule has 0 atom stereocenters. The van der Waals surface area contributed by atoms with Crippen LogP contribution < -0.4 is 59.1 Å². The number of methoxy groups -OCH3 is 4. The third kappa shape index (κ3) is 15.7. The van der Waals surface area contributed by atoms with Gasteiger partial charge < -0.3 is 40.2 Å². The lowest BCUT2D eigenvalue weighted by molar-refractivity contribution is 0.255. The number of benzene rings is 8. The second kappa shape index (κ2) is 27.1. The zero-order valence-corrected chi connectivity index (χ0v) is 54.1. The van der Waals surface area contributed by atoms with Crippen molar-refractivity contribution in [3.05, 3.63) is 212 Å². The maximum absolute atomic E-state index is 13.9. The molecule has 9 rings (SSSR count). The Hall–Kier alpha value is -10.2. The van der Waals surface area contributed by atoms with E-state index in [0.29, 0.717) is 44.5 Å². The predicted octanol–water partition coefficient (Wildman–Crippen LogP) is 9.67. The number of amides is 8. The number of rotatable bonds is 16. The second-order valence-electron chi connectivity index (χ2n) is 21.5. The van der Waals surface area contributed by atoms with E-state index in [1.165, 1.54) is 126 Å². The molecule has 480 valence electrons. The Balaban J connectivity index is 1.23. The van der Waals surface area contributed by atoms with Crippen LogP contribution in [0.15, 0.2) is 165 Å². The summed E-state index contributed by atoms with van der Waals surface area (Å²) in [5.41, 5.74) is 5.74. The Kier molecular flexibility index (Phi) is 19.5. The highest BCUT2D eigenvalue weighted by Crippen LogP contribution is 2.43. The number of carbonyl (C=O) groups is 4. The van der Waals surface area contributed by atoms with Crippen LogP contribution in [-0.2, 0) is 65.8 Å². The molecule has 0 saturated carbocycles. The highest BCUT2D eigenvalue weighted by molar-refractivity contribution is 7.91. The van der Waals surface area contributed by atoms with Gasteiger partial charge in [-0.3, -0.25) is 0 Å². The van der Waals surface area contributed by atoms with E-state index in [-0.39, 0.29) is 91.0 Å². The van der Waals surface area contributed by atoms with Crippen molar-refractivity contribution in [2.75, 3.05) is 49.7 Å². The monoisotopic (exact) mass is 1330 g/mol. The van der Waals surface area contributed by atoms with Gasteiger partial charge in [0, 0.05) is 92.9 Å². The minimum atomic E-state index is -4.43. The topological polar surface area (TPSA) is 338 Å². The van der Waals surface area contributed by atoms with Crippen LogP contribution in [0.3, 0.4) is 0 Å². The first-order chi connectivity index (χ1) is 43.5. The fourth-order valence-electron chi connectivity index (χ4n) is 10.4. The van der Waals surface area contributed by atoms with Gasteiger partial charge in [-0.1, -0.05) is 70.8 Å². The lowest BCUT2D eigenvalue weighted by Gasteiger charge is -2.23. The molecule has 0 aromatic heterocycles. The van der Waals surface area contributed by atoms with Crippen molar-refractivity contribution in [3.63, 3.8) is 0 Å². The van der Waals surface area contributed by atoms with Gasteiger partial charge >= 0.3 is 24.1 Å². The maximum atomic E-state index is 13.9. The van der Waals surface area contributed by atoms with Crippen molar-refractivity contribution >= 4 is 87.0 Å². The summed E-state index contributed by atoms with van der Waals surface area (Å²) in [6, 6.07) is 30.7. The number of fused-ring (bicyclic) bond motifs is 8. The number of nitrogens with one attached hydrogen (secondary N) is 8. The van der Waals surface area contributed by atoms with E-state index in [0.717, 1.165) is 22.3 Å². The molecular formula is C64H64N8O16S4. The smallest absolute Gasteiger partial charge is 0.333 e. The van der Waals surface area contributed by atoms with Crippen molar-refractivity contribution in [2.24, 2.45) is 0 Å². The van der Waals surface area contributed by atoms with E-state index < -0.39 is 64.2 Å². The van der Waals surface area contributed by atoms with Gasteiger partial charge in [-0.15, -0.1) is 0 Å². The highest BCUT2D eigenvalue weighted by Gasteiger charge is 2.28. The van der Waals surface area contributed by atoms with Gasteiger partial charge in [0.2, 0.25) is 0 Å². The van der Waals surface area contributed by atoms with Crippen molar-refractivity contribution in [1.29, 1.82) is 0 Å². The van der Waals surface area contributed by atoms with E-state index in [4.69, 9.17) is 18.9 Å². The average molecular weight is 1330 g/mol. The summed E-state index contributed by atoms with van der Waals surface area (Å²) in [6.45, 7) is 7.07. The number of urea groups is 4. The standard InChI is InChI=1S/C64H64N8O16S4/c1-37-9-17-53(18-10-37)89(77,78)69-61(73)65-49-29-41-25-43-31-50(66-62(74)70-90(79,80)54-19-11-38(2)12-20-54)33-45(58(43)86-6)27-47-35-52(68-64(76)72-92(83,84)56-23-15-40(4)16-24-56)36-48(60(47)88-8)28-46-34-51(32-44(59(46)87-7)26-42(30-49)57(41)85-5)67-63(75)71-91(81,82)55-21-13-39(3)14-22-55/h9-24,29-36H,25-28H2,1-8H3,(H2,65,69,73)(H2,66,70,74)(H2,67,71,75)(H2,68,72,76). The van der Waals surface area contributed by atoms with Crippen molar-refractivity contribution < 1.29 is 71.8 Å². The van der Waals surface area contributed by atoms with Crippen LogP contribution in [0.2, 0.25) is 0 Å². The molecule has 0 radical (unpaired) electrons. The lowest BCUT2D eigenvalue weighted by Crippen LogP contribution is -2.34. The van der Waals surface area contributed by atoms with Crippen LogP contribution in [-0.4, -0.2) is 86.2 Å². The van der Waals surface area contributed by atoms with Gasteiger partial charge in [0.05, 0.1) is 48.0 Å². The van der Waals surface area contributed by atoms with Crippen molar-refractivity contribution in [1.82, 2.24) is 18.9 Å². The Morgan fingerprint density at radius 1 is 0.283 bits per heavy atom. The van der Waals surface area contributed by atoms with Crippen LogP contribution in [0.4, 0.5) is 41.9 Å². The van der Waals surface area contributed by atoms with Gasteiger partial charge in [0.1, 0.15) is 23.0 Å². The summed E-state index contributed by atoms with van der Waals surface area (Å²) < 4.78 is 141. The number of sulfonamides is 4. The zero-order valence-electron chi connectivity index (χ0n) is 50.8. The van der Waals surface area contributed by atoms with Crippen LogP contribution in [0.5, 0.6) is 23.0 Å². The fourth-order valence-corrected chi connectivity index (χ4v) is 14.1. The molecule has 0 saturated heterocycles. The molecule has 0 fully saturated rings. The van der Waals surface area contributed by atoms with Crippen LogP contribution in [0.25, 0.3) is 0 Å². The van der Waals surface area contributed by atoms with E-state index in [1.807, 2.05) is 0 Å². The molecular weight excluding hydrogens is 1270 g/mol. The second-order valence-corrected chi connectivity index (χ2v) is 28.2. The Morgan fingerprint density at radius 2 is 0.435 bits per heavy atom. The van der Waals surface area contributed by atoms with Crippen molar-refractivity contribution in [2.45, 2.75) is 73.0 Å². The third-order valence-corrected chi connectivity index (χ3v) is 20.0. The van der Waals surface area contributed by atoms with Gasteiger partial charge in [-0.25, -0.2) is 71.7 Å². The molecule has 0 aliphatic heterocycles. The average Bonchev–Trinajstić information content (AvgIpc) is 0.786. The first-order valence-electron chi connectivity index (χ1n) is 28.0. The van der Waals surface area contributed by atoms with Gasteiger partial charge in [0.25, 0.3) is 40.1 Å². The Bertz CT molecular complexity index is 4000. The molecule has 8 aromatic carbocycles. The van der Waals surface area contributed by atoms with Crippen molar-refractivity contribution in [3.8, 4) is 23.0 Å². The zero-order chi connectivity index (χ0) is 66.5. The molecule has 8 aromatic rings. The number of hydrogen-bond donors (Lipinski definition) is 8. The highest BCUT2D eigenvalue weighted by atomic mass is 32.2. The van der Waals surface area contributed by atoms with Gasteiger partial charge in [-0.05, 0) is 125 Å². The molecule has 24 nitrogen and oxygen atoms in total. The summed E-state index contributed by atoms with van der Waals surface area (Å²) in [4.78, 5) is 54.9. The van der Waals surface area contributed by atoms with E-state index in [1.54, 1.807) is 76.2 Å². The summed E-state index contributed by atoms with van der Waals surface area (Å²) in [6.07, 6.45) is -0.710. The summed E-state index contributed by atoms with van der Waals surface area (Å²) >= 11 is 0. The van der Waals surface area contributed by atoms with Crippen LogP contribution >= 0.6 is 0 Å². The first-order valence-corrected chi connectivity index (χ1v) is 33.9. The molecule has 8 N–H and O–H groups in total. The lowest BCUT2D eigenvalue weighted by atomic mass is 9.90. The molecule has 0 unspecified atom stereocenters. The number of aryl methyl sites for hydroxylation is 4. The molecule has 92 heavy (non-hydrogen) atoms. The number of ether oxygens (including phenoxy) is 4. The predicted molar refractivity (Wildman–Crippen MR) is 345 cm³/mol. The summed E-state index contributed by atoms with van der Waals surface area (Å²) in [5, 5.41) is 10.6. The maximum Gasteiger partial charge on any atom is 0.333 e. The first kappa shape index (κ1) is 66.3. The quantitative estimate of drug-likeness (QED) is 0.0446. The molecule has 1 aliphatic carbocycles. The number of carbonyl (C=O) groups excluding carboxylic acids is 4. The van der Waals surface area contributed by atoms with E-state index in [9.17, 15) is 52.8 Å². The minimum Gasteiger partial charge on any atom is -0.496 e. The fraction of sp³-hybridized carbons (Fsp3) is 0.188. The summed E-state index contributed by atoms with van der Waals surface area (Å²) in [7, 11) is -12.2.